The van der Waals surface area contributed by atoms with Crippen LogP contribution in [0.1, 0.15) is 111 Å². The van der Waals surface area contributed by atoms with Gasteiger partial charge in [-0.3, -0.25) is 0 Å². The summed E-state index contributed by atoms with van der Waals surface area (Å²) in [6, 6.07) is 101. The number of nitrogens with zero attached hydrogens (tertiary/aromatic N) is 9. The monoisotopic (exact) mass is 1890 g/mol. The van der Waals surface area contributed by atoms with Gasteiger partial charge in [-0.25, -0.2) is 48.9 Å². The summed E-state index contributed by atoms with van der Waals surface area (Å²) < 4.78 is 26.9. The second kappa shape index (κ2) is 45.4. The van der Waals surface area contributed by atoms with Crippen molar-refractivity contribution < 1.29 is 75.2 Å². The SMILES string of the molecule is Cc1c(C)c(C)c2c(c1C)Cc1c(C)c(C)c(C)c(C)c1N2.Cc1c(C)c(C)c2c(c1C)Cc1c(C)c(C)c(C)c(C)c1N2c1ccc(-c2nc(-c3ccccc3)cc(-c3ccccc3)n2)cc1-c1nc(-c2ccccc2)cc(-c2ccccc2)n1.Fc1ccc(-c2nc(-c3ccccc3)cc(-c3ccccc3)n2)cc1-c1nc(-c2ccccc2)cc(-c2ccccc2)n1.O=[P+]([O-])O[O-].[K+].[K][K]. The average molecular weight is 1890 g/mol. The van der Waals surface area contributed by atoms with Gasteiger partial charge in [-0.2, -0.15) is 0 Å². The molecule has 20 rings (SSSR count). The van der Waals surface area contributed by atoms with E-state index in [1.165, 1.54) is 203 Å². The van der Waals surface area contributed by atoms with Crippen LogP contribution in [0.3, 0.4) is 0 Å². The molecule has 0 bridgehead atoms. The fourth-order valence-corrected chi connectivity index (χ4v) is 18.4. The Bertz CT molecular complexity index is 7110. The van der Waals surface area contributed by atoms with Gasteiger partial charge in [0.25, 0.3) is 0 Å². The van der Waals surface area contributed by atoms with Crippen LogP contribution in [-0.2, 0) is 22.1 Å². The maximum absolute atomic E-state index is 15.6. The third-order valence-corrected chi connectivity index (χ3v) is 27.4. The Morgan fingerprint density at radius 1 is 0.285 bits per heavy atom. The molecule has 0 aliphatic carbocycles. The molecule has 1 N–H and O–H groups in total. The topological polar surface area (TPSA) is 191 Å². The van der Waals surface area contributed by atoms with E-state index in [1.807, 2.05) is 158 Å². The number of hydrogen-bond donors (Lipinski definition) is 1. The minimum atomic E-state index is -3.15. The van der Waals surface area contributed by atoms with E-state index >= 15 is 4.39 Å². The van der Waals surface area contributed by atoms with Gasteiger partial charge in [0.2, 0.25) is 0 Å². The zero-order valence-electron chi connectivity index (χ0n) is 81.3. The Labute approximate surface area is 892 Å². The quantitative estimate of drug-likeness (QED) is 0.0468. The van der Waals surface area contributed by atoms with Gasteiger partial charge in [-0.05, 0) is 287 Å². The van der Waals surface area contributed by atoms with Gasteiger partial charge >= 0.3 is 123 Å². The molecule has 0 spiro atoms. The fourth-order valence-electron chi connectivity index (χ4n) is 18.4. The molecule has 2 aliphatic rings. The Morgan fingerprint density at radius 3 is 0.774 bits per heavy atom. The second-order valence-electron chi connectivity index (χ2n) is 34.7. The second-order valence-corrected chi connectivity index (χ2v) is 35.3. The number of aromatic nitrogens is 8. The normalized spacial score (nSPS) is 11.5. The molecule has 6 heterocycles. The first-order chi connectivity index (χ1) is 65.8. The van der Waals surface area contributed by atoms with Crippen molar-refractivity contribution in [2.24, 2.45) is 0 Å². The Balaban J connectivity index is 0.000000167. The Morgan fingerprint density at radius 2 is 0.504 bits per heavy atom. The summed E-state index contributed by atoms with van der Waals surface area (Å²) >= 11 is 2.50. The number of fused-ring (bicyclic) bond motifs is 4. The minimum absolute atomic E-state index is 0. The van der Waals surface area contributed by atoms with Crippen molar-refractivity contribution in [3.63, 3.8) is 0 Å². The molecule has 0 saturated heterocycles. The van der Waals surface area contributed by atoms with E-state index in [-0.39, 0.29) is 56.9 Å². The van der Waals surface area contributed by atoms with Crippen LogP contribution < -0.4 is 71.8 Å². The molecule has 0 fully saturated rings. The van der Waals surface area contributed by atoms with Crippen molar-refractivity contribution in [2.45, 2.75) is 124 Å². The maximum atomic E-state index is 15.6. The molecule has 2 aliphatic heterocycles. The predicted molar refractivity (Wildman–Crippen MR) is 553 cm³/mol. The molecule has 137 heavy (non-hydrogen) atoms. The fraction of sp³-hybridized carbons (Fsp3) is 0.153. The van der Waals surface area contributed by atoms with Crippen LogP contribution in [0.15, 0.2) is 303 Å². The van der Waals surface area contributed by atoms with E-state index in [0.29, 0.717) is 40.2 Å². The van der Waals surface area contributed by atoms with Crippen LogP contribution in [0.2, 0.25) is 0 Å². The molecular formula is C118H103FK3N10O4P. The molecule has 1 atom stereocenters. The molecule has 1 unspecified atom stereocenters. The van der Waals surface area contributed by atoms with Gasteiger partial charge < -0.3 is 20.4 Å². The summed E-state index contributed by atoms with van der Waals surface area (Å²) in [7, 11) is -3.15. The van der Waals surface area contributed by atoms with E-state index in [4.69, 9.17) is 54.6 Å². The molecule has 14 nitrogen and oxygen atoms in total. The van der Waals surface area contributed by atoms with E-state index < -0.39 is 14.1 Å². The number of anilines is 5. The third-order valence-electron chi connectivity index (χ3n) is 27.3. The van der Waals surface area contributed by atoms with Crippen LogP contribution >= 0.6 is 8.25 Å². The van der Waals surface area contributed by atoms with Crippen molar-refractivity contribution in [3.8, 4) is 136 Å². The predicted octanol–water partition coefficient (Wildman–Crippen LogP) is 24.9. The van der Waals surface area contributed by atoms with Gasteiger partial charge in [0, 0.05) is 85.4 Å². The van der Waals surface area contributed by atoms with Gasteiger partial charge in [0.1, 0.15) is 5.82 Å². The summed E-state index contributed by atoms with van der Waals surface area (Å²) in [4.78, 5) is 52.5. The summed E-state index contributed by atoms with van der Waals surface area (Å²) in [5, 5.41) is 12.3. The first-order valence-corrected chi connectivity index (χ1v) is 63.2. The van der Waals surface area contributed by atoms with Crippen molar-refractivity contribution in [1.82, 2.24) is 39.9 Å². The molecule has 18 aromatic rings. The zero-order chi connectivity index (χ0) is 95.9. The Hall–Kier alpha value is -10.2. The zero-order valence-corrected chi connectivity index (χ0v) is 91.5. The van der Waals surface area contributed by atoms with Gasteiger partial charge in [0.15, 0.2) is 23.3 Å². The van der Waals surface area contributed by atoms with E-state index in [0.717, 1.165) is 108 Å². The molecule has 0 saturated carbocycles. The van der Waals surface area contributed by atoms with Crippen molar-refractivity contribution >= 4 is 99.8 Å². The molecular weight excluding hydrogens is 1790 g/mol. The van der Waals surface area contributed by atoms with Crippen LogP contribution in [0.4, 0.5) is 32.8 Å². The van der Waals surface area contributed by atoms with Crippen LogP contribution in [-0.4, -0.2) is 103 Å². The number of rotatable bonds is 14. The number of benzene rings is 14. The van der Waals surface area contributed by atoms with Crippen molar-refractivity contribution in [3.05, 3.63) is 420 Å². The average Bonchev–Trinajstić information content (AvgIpc) is 0.709. The van der Waals surface area contributed by atoms with Crippen LogP contribution in [0.25, 0.3) is 136 Å². The number of halogens is 1. The van der Waals surface area contributed by atoms with E-state index in [1.54, 1.807) is 12.1 Å². The summed E-state index contributed by atoms with van der Waals surface area (Å²) in [5.74, 6) is 1.62. The standard InChI is InChI=1S/C59H51N5.C38H25FN4.C21H27N.3K.HO4P/c1-35-37(3)41(7)56-48(39(35)5)32-49-40(6)36(2)38(4)42(8)57(49)64(56)55-30-29-47(58-60-51(43-21-13-9-14-22-43)33-52(61-58)44-23-15-10-16-24-44)31-50(55)59-62-53(45-25-17-11-18-26-45)34-54(63-59)46-27-19-12-20-28-46;39-32-22-21-30(37-40-33(26-13-5-1-6-14-26)24-34(41-37)27-15-7-2-8-16-27)23-31(32)38-42-35(28-17-9-3-10-18-28)25-36(43-38)29-19-11-4-12-20-29;1-10-12(3)16(7)20-18(14(10)5)9-19-15(6)11(2)13(4)17(8)21(19)22-20;;;;1-4-5(2)3/h9-31,33-34H,32H2,1-8H3;1-25H;22H,9H2,1-8H3;;;;1H/q;;;;;+1;/p-1. The summed E-state index contributed by atoms with van der Waals surface area (Å²) in [6.07, 6.45) is 1.93. The van der Waals surface area contributed by atoms with Crippen molar-refractivity contribution in [2.75, 3.05) is 10.2 Å². The van der Waals surface area contributed by atoms with Gasteiger partial charge in [-0.15, -0.1) is 0 Å². The number of nitrogens with one attached hydrogen (secondary N) is 1. The summed E-state index contributed by atoms with van der Waals surface area (Å²) in [5.41, 5.74) is 50.9. The first-order valence-electron chi connectivity index (χ1n) is 46.1. The van der Waals surface area contributed by atoms with Gasteiger partial charge in [0.05, 0.1) is 68.2 Å². The Kier molecular flexibility index (Phi) is 33.5. The molecule has 0 radical (unpaired) electrons. The number of hydrogen-bond acceptors (Lipinski definition) is 14. The van der Waals surface area contributed by atoms with Gasteiger partial charge in [-0.1, -0.05) is 243 Å². The van der Waals surface area contributed by atoms with E-state index in [2.05, 4.69) is 253 Å². The molecule has 4 aromatic heterocycles. The molecule has 664 valence electrons. The first kappa shape index (κ1) is 101. The van der Waals surface area contributed by atoms with E-state index in [9.17, 15) is 0 Å². The molecule has 19 heteroatoms. The summed E-state index contributed by atoms with van der Waals surface area (Å²) in [6.45, 7) is 36.3. The third kappa shape index (κ3) is 21.7. The van der Waals surface area contributed by atoms with Crippen molar-refractivity contribution in [1.29, 1.82) is 0 Å². The van der Waals surface area contributed by atoms with Crippen LogP contribution in [0, 0.1) is 117 Å². The van der Waals surface area contributed by atoms with Crippen LogP contribution in [0.5, 0.6) is 0 Å². The molecule has 0 amide bonds. The molecule has 14 aromatic carbocycles.